The van der Waals surface area contributed by atoms with E-state index in [2.05, 4.69) is 21.8 Å². The van der Waals surface area contributed by atoms with Gasteiger partial charge in [0.1, 0.15) is 0 Å². The molecule has 3 aromatic rings. The van der Waals surface area contributed by atoms with E-state index >= 15 is 0 Å². The normalized spacial score (nSPS) is 13.3. The number of hydrazine groups is 1. The number of anilines is 1. The van der Waals surface area contributed by atoms with Gasteiger partial charge in [-0.15, -0.1) is 11.3 Å². The molecule has 1 aromatic heterocycles. The van der Waals surface area contributed by atoms with E-state index in [1.807, 2.05) is 49.4 Å². The molecule has 4 rings (SSSR count). The molecule has 2 N–H and O–H groups in total. The van der Waals surface area contributed by atoms with E-state index in [1.165, 1.54) is 16.9 Å². The highest BCUT2D eigenvalue weighted by Crippen LogP contribution is 2.30. The van der Waals surface area contributed by atoms with E-state index in [4.69, 9.17) is 0 Å². The summed E-state index contributed by atoms with van der Waals surface area (Å²) in [4.78, 5) is 27.5. The van der Waals surface area contributed by atoms with Gasteiger partial charge in [0.2, 0.25) is 0 Å². The van der Waals surface area contributed by atoms with Crippen LogP contribution in [-0.4, -0.2) is 24.9 Å². The summed E-state index contributed by atoms with van der Waals surface area (Å²) >= 11 is 1.44. The zero-order valence-corrected chi connectivity index (χ0v) is 15.9. The fraction of sp³-hybridized carbons (Fsp3) is 0.238. The van der Waals surface area contributed by atoms with Crippen LogP contribution in [0.3, 0.4) is 0 Å². The van der Waals surface area contributed by atoms with Gasteiger partial charge in [0, 0.05) is 16.9 Å². The lowest BCUT2D eigenvalue weighted by atomic mass is 10.0. The number of nitrogens with zero attached hydrogens (tertiary/aromatic N) is 1. The molecular weight excluding hydrogens is 358 g/mol. The van der Waals surface area contributed by atoms with E-state index in [-0.39, 0.29) is 18.4 Å². The number of hydrogen-bond acceptors (Lipinski definition) is 4. The van der Waals surface area contributed by atoms with Crippen LogP contribution >= 0.6 is 11.3 Å². The number of thiophene rings is 1. The minimum Gasteiger partial charge on any atom is -0.362 e. The van der Waals surface area contributed by atoms with Crippen LogP contribution in [0.4, 0.5) is 5.69 Å². The molecule has 0 spiro atoms. The summed E-state index contributed by atoms with van der Waals surface area (Å²) in [5, 5.41) is 1.07. The van der Waals surface area contributed by atoms with Crippen molar-refractivity contribution in [3.63, 3.8) is 0 Å². The standard InChI is InChI=1S/C21H21N3O2S/c1-14-16-9-3-5-11-18(16)27-20(14)21(26)23-22-19(25)13-24-12-6-8-15-7-2-4-10-17(15)24/h2-5,7,9-11H,6,8,12-13H2,1H3,(H,22,25)(H,23,26). The van der Waals surface area contributed by atoms with Crippen LogP contribution in [0.5, 0.6) is 0 Å². The molecule has 0 fully saturated rings. The summed E-state index contributed by atoms with van der Waals surface area (Å²) < 4.78 is 1.07. The van der Waals surface area contributed by atoms with Gasteiger partial charge in [-0.3, -0.25) is 20.4 Å². The first-order valence-corrected chi connectivity index (χ1v) is 9.85. The minimum atomic E-state index is -0.277. The third kappa shape index (κ3) is 3.53. The number of fused-ring (bicyclic) bond motifs is 2. The van der Waals surface area contributed by atoms with Crippen molar-refractivity contribution >= 4 is 38.9 Å². The molecule has 5 nitrogen and oxygen atoms in total. The highest BCUT2D eigenvalue weighted by molar-refractivity contribution is 7.21. The predicted molar refractivity (Wildman–Crippen MR) is 109 cm³/mol. The topological polar surface area (TPSA) is 61.4 Å². The SMILES string of the molecule is Cc1c(C(=O)NNC(=O)CN2CCCc3ccccc32)sc2ccccc12. The molecule has 1 aliphatic rings. The molecule has 1 aliphatic heterocycles. The highest BCUT2D eigenvalue weighted by Gasteiger charge is 2.20. The molecule has 0 atom stereocenters. The first-order chi connectivity index (χ1) is 13.1. The Morgan fingerprint density at radius 3 is 2.70 bits per heavy atom. The van der Waals surface area contributed by atoms with Crippen molar-refractivity contribution in [3.8, 4) is 0 Å². The number of nitrogens with one attached hydrogen (secondary N) is 2. The highest BCUT2D eigenvalue weighted by atomic mass is 32.1. The van der Waals surface area contributed by atoms with Crippen LogP contribution in [-0.2, 0) is 11.2 Å². The number of benzene rings is 2. The fourth-order valence-electron chi connectivity index (χ4n) is 3.56. The average molecular weight is 379 g/mol. The molecule has 0 radical (unpaired) electrons. The Morgan fingerprint density at radius 2 is 1.85 bits per heavy atom. The monoisotopic (exact) mass is 379 g/mol. The van der Waals surface area contributed by atoms with Crippen LogP contribution in [0.1, 0.15) is 27.2 Å². The first-order valence-electron chi connectivity index (χ1n) is 9.03. The van der Waals surface area contributed by atoms with Crippen LogP contribution in [0.15, 0.2) is 48.5 Å². The maximum atomic E-state index is 12.5. The average Bonchev–Trinajstić information content (AvgIpc) is 3.03. The van der Waals surface area contributed by atoms with E-state index < -0.39 is 0 Å². The first kappa shape index (κ1) is 17.5. The number of amides is 2. The Balaban J connectivity index is 1.39. The third-order valence-electron chi connectivity index (χ3n) is 4.91. The van der Waals surface area contributed by atoms with Gasteiger partial charge >= 0.3 is 0 Å². The van der Waals surface area contributed by atoms with Crippen molar-refractivity contribution in [2.45, 2.75) is 19.8 Å². The Kier molecular flexibility index (Phi) is 4.81. The molecule has 0 saturated carbocycles. The fourth-order valence-corrected chi connectivity index (χ4v) is 4.67. The number of hydrogen-bond donors (Lipinski definition) is 2. The van der Waals surface area contributed by atoms with Gasteiger partial charge in [-0.25, -0.2) is 0 Å². The number of rotatable bonds is 3. The number of para-hydroxylation sites is 1. The van der Waals surface area contributed by atoms with Crippen LogP contribution in [0.2, 0.25) is 0 Å². The second-order valence-corrected chi connectivity index (χ2v) is 7.76. The number of carbonyl (C=O) groups is 2. The molecule has 0 unspecified atom stereocenters. The molecule has 2 aromatic carbocycles. The van der Waals surface area contributed by atoms with E-state index in [0.29, 0.717) is 4.88 Å². The lowest BCUT2D eigenvalue weighted by Gasteiger charge is -2.30. The maximum Gasteiger partial charge on any atom is 0.280 e. The number of aryl methyl sites for hydroxylation is 2. The second kappa shape index (κ2) is 7.40. The quantitative estimate of drug-likeness (QED) is 0.686. The van der Waals surface area contributed by atoms with E-state index in [1.54, 1.807) is 0 Å². The summed E-state index contributed by atoms with van der Waals surface area (Å²) in [6.07, 6.45) is 2.06. The van der Waals surface area contributed by atoms with Crippen molar-refractivity contribution < 1.29 is 9.59 Å². The Labute approximate surface area is 162 Å². The lowest BCUT2D eigenvalue weighted by Crippen LogP contribution is -2.47. The smallest absolute Gasteiger partial charge is 0.280 e. The van der Waals surface area contributed by atoms with Crippen molar-refractivity contribution in [2.24, 2.45) is 0 Å². The molecule has 138 valence electrons. The van der Waals surface area contributed by atoms with Crippen LogP contribution < -0.4 is 15.8 Å². The molecule has 2 amide bonds. The zero-order chi connectivity index (χ0) is 18.8. The minimum absolute atomic E-state index is 0.223. The summed E-state index contributed by atoms with van der Waals surface area (Å²) in [7, 11) is 0. The van der Waals surface area contributed by atoms with Crippen molar-refractivity contribution in [1.82, 2.24) is 10.9 Å². The van der Waals surface area contributed by atoms with Crippen LogP contribution in [0.25, 0.3) is 10.1 Å². The van der Waals surface area contributed by atoms with Gasteiger partial charge in [0.25, 0.3) is 11.8 Å². The molecule has 27 heavy (non-hydrogen) atoms. The van der Waals surface area contributed by atoms with E-state index in [9.17, 15) is 9.59 Å². The largest absolute Gasteiger partial charge is 0.362 e. The maximum absolute atomic E-state index is 12.5. The molecule has 0 saturated heterocycles. The van der Waals surface area contributed by atoms with Gasteiger partial charge in [-0.2, -0.15) is 0 Å². The third-order valence-corrected chi connectivity index (χ3v) is 6.18. The molecule has 0 bridgehead atoms. The van der Waals surface area contributed by atoms with Gasteiger partial charge in [-0.05, 0) is 48.4 Å². The summed E-state index contributed by atoms with van der Waals surface area (Å²) in [5.41, 5.74) is 8.42. The van der Waals surface area contributed by atoms with Gasteiger partial charge < -0.3 is 4.90 Å². The van der Waals surface area contributed by atoms with Crippen molar-refractivity contribution in [2.75, 3.05) is 18.0 Å². The Hall–Kier alpha value is -2.86. The molecule has 6 heteroatoms. The Bertz CT molecular complexity index is 1010. The van der Waals surface area contributed by atoms with Gasteiger partial charge in [0.15, 0.2) is 0 Å². The van der Waals surface area contributed by atoms with E-state index in [0.717, 1.165) is 40.7 Å². The van der Waals surface area contributed by atoms with Crippen molar-refractivity contribution in [1.29, 1.82) is 0 Å². The second-order valence-electron chi connectivity index (χ2n) is 6.71. The molecular formula is C21H21N3O2S. The summed E-state index contributed by atoms with van der Waals surface area (Å²) in [5.74, 6) is -0.500. The van der Waals surface area contributed by atoms with Gasteiger partial charge in [-0.1, -0.05) is 36.4 Å². The Morgan fingerprint density at radius 1 is 1.07 bits per heavy atom. The van der Waals surface area contributed by atoms with Crippen LogP contribution in [0, 0.1) is 6.92 Å². The molecule has 2 heterocycles. The zero-order valence-electron chi connectivity index (χ0n) is 15.1. The molecule has 0 aliphatic carbocycles. The van der Waals surface area contributed by atoms with Crippen molar-refractivity contribution in [3.05, 3.63) is 64.5 Å². The lowest BCUT2D eigenvalue weighted by molar-refractivity contribution is -0.120. The number of carbonyl (C=O) groups excluding carboxylic acids is 2. The summed E-state index contributed by atoms with van der Waals surface area (Å²) in [6, 6.07) is 16.1. The predicted octanol–water partition coefficient (Wildman–Crippen LogP) is 3.42. The summed E-state index contributed by atoms with van der Waals surface area (Å²) in [6.45, 7) is 3.00. The van der Waals surface area contributed by atoms with Gasteiger partial charge in [0.05, 0.1) is 11.4 Å².